The molecule has 0 radical (unpaired) electrons. The summed E-state index contributed by atoms with van der Waals surface area (Å²) in [4.78, 5) is 47.9. The second-order valence-electron chi connectivity index (χ2n) is 6.59. The Balaban J connectivity index is 1.49. The summed E-state index contributed by atoms with van der Waals surface area (Å²) in [6, 6.07) is -0.954. The van der Waals surface area contributed by atoms with Crippen molar-refractivity contribution in [3.63, 3.8) is 0 Å². The summed E-state index contributed by atoms with van der Waals surface area (Å²) in [5.74, 6) is -1.82. The number of aliphatic carboxylic acids is 1. The number of carboxylic acids is 1. The van der Waals surface area contributed by atoms with Crippen LogP contribution in [0.5, 0.6) is 0 Å². The first-order valence-corrected chi connectivity index (χ1v) is 13.1. The molecule has 13 nitrogen and oxygen atoms in total. The van der Waals surface area contributed by atoms with Crippen molar-refractivity contribution >= 4 is 75.0 Å². The van der Waals surface area contributed by atoms with Gasteiger partial charge in [-0.2, -0.15) is 9.36 Å². The molecule has 34 heavy (non-hydrogen) atoms. The summed E-state index contributed by atoms with van der Waals surface area (Å²) < 4.78 is 4.67. The zero-order chi connectivity index (χ0) is 24.2. The largest absolute Gasteiger partial charge is 0.477 e. The quantitative estimate of drug-likeness (QED) is 0.0942. The van der Waals surface area contributed by atoms with E-state index in [1.807, 2.05) is 0 Å². The Morgan fingerprint density at radius 3 is 2.97 bits per heavy atom. The number of carbonyl (C=O) groups excluding carboxylic acids is 2. The molecule has 1 fully saturated rings. The molecule has 0 aromatic carbocycles. The fourth-order valence-corrected chi connectivity index (χ4v) is 6.46. The Bertz CT molecular complexity index is 1180. The second-order valence-corrected chi connectivity index (χ2v) is 10.5. The van der Waals surface area contributed by atoms with Gasteiger partial charge >= 0.3 is 5.97 Å². The van der Waals surface area contributed by atoms with Crippen molar-refractivity contribution in [1.82, 2.24) is 29.8 Å². The molecule has 4 heterocycles. The van der Waals surface area contributed by atoms with Crippen molar-refractivity contribution in [1.29, 1.82) is 0 Å². The van der Waals surface area contributed by atoms with E-state index < -0.39 is 29.2 Å². The molecule has 0 spiro atoms. The van der Waals surface area contributed by atoms with E-state index >= 15 is 0 Å². The molecule has 0 saturated carbocycles. The van der Waals surface area contributed by atoms with Gasteiger partial charge in [-0.15, -0.1) is 22.0 Å². The number of carbonyl (C=O) groups is 3. The van der Waals surface area contributed by atoms with Crippen LogP contribution in [0.1, 0.15) is 5.82 Å². The molecule has 4 rings (SSSR count). The fraction of sp³-hybridized carbons (Fsp3) is 0.294. The third-order valence-corrected chi connectivity index (χ3v) is 8.29. The lowest BCUT2D eigenvalue weighted by Gasteiger charge is -2.49. The number of rotatable bonds is 10. The number of β-lactam (4-membered cyclic amide) rings is 1. The van der Waals surface area contributed by atoms with Crippen LogP contribution in [-0.4, -0.2) is 82.6 Å². The number of nitrogens with one attached hydrogen (secondary N) is 1. The van der Waals surface area contributed by atoms with Gasteiger partial charge in [0.1, 0.15) is 29.2 Å². The Morgan fingerprint density at radius 1 is 1.50 bits per heavy atom. The molecule has 4 N–H and O–H groups in total. The van der Waals surface area contributed by atoms with Crippen molar-refractivity contribution in [3.05, 3.63) is 35.3 Å². The maximum absolute atomic E-state index is 12.9. The summed E-state index contributed by atoms with van der Waals surface area (Å²) in [7, 11) is 0. The molecule has 0 bridgehead atoms. The minimum Gasteiger partial charge on any atom is -0.477 e. The van der Waals surface area contributed by atoms with Crippen LogP contribution in [0.15, 0.2) is 38.9 Å². The maximum atomic E-state index is 12.9. The first-order chi connectivity index (χ1) is 16.4. The van der Waals surface area contributed by atoms with Gasteiger partial charge in [0.25, 0.3) is 11.8 Å². The van der Waals surface area contributed by atoms with Crippen LogP contribution in [-0.2, 0) is 19.2 Å². The number of hydrogen-bond donors (Lipinski definition) is 3. The monoisotopic (exact) mass is 540 g/mol. The molecule has 2 amide bonds. The molecular formula is C17H16N8O5S4. The summed E-state index contributed by atoms with van der Waals surface area (Å²) >= 11 is 4.93. The fourth-order valence-electron chi connectivity index (χ4n) is 3.05. The van der Waals surface area contributed by atoms with Crippen LogP contribution < -0.4 is 11.1 Å². The van der Waals surface area contributed by atoms with Gasteiger partial charge in [-0.05, 0) is 5.57 Å². The predicted octanol–water partition coefficient (Wildman–Crippen LogP) is 0.409. The first-order valence-electron chi connectivity index (χ1n) is 9.41. The molecule has 2 aromatic rings. The van der Waals surface area contributed by atoms with Crippen LogP contribution in [0, 0.1) is 0 Å². The number of aromatic nitrogens is 4. The van der Waals surface area contributed by atoms with Gasteiger partial charge in [0.2, 0.25) is 11.5 Å². The normalized spacial score (nSPS) is 19.9. The molecule has 178 valence electrons. The van der Waals surface area contributed by atoms with Crippen molar-refractivity contribution in [2.75, 3.05) is 23.8 Å². The number of carboxylic acid groups (broad SMARTS) is 1. The molecule has 17 heteroatoms. The molecule has 1 unspecified atom stereocenters. The molecule has 0 aliphatic carbocycles. The van der Waals surface area contributed by atoms with Crippen LogP contribution in [0.4, 0.5) is 5.13 Å². The Hall–Kier alpha value is -3.02. The SMILES string of the molecule is C=CCO/N=C(\C(=O)NC1C(=O)N2C(C(=O)O)=C(CSc3nncs3)CS[C@H]12)c1nsc(N)n1. The van der Waals surface area contributed by atoms with E-state index in [0.717, 1.165) is 11.5 Å². The van der Waals surface area contributed by atoms with E-state index in [4.69, 9.17) is 10.6 Å². The van der Waals surface area contributed by atoms with Gasteiger partial charge in [-0.3, -0.25) is 14.5 Å². The maximum Gasteiger partial charge on any atom is 0.352 e. The number of nitrogens with zero attached hydrogens (tertiary/aromatic N) is 6. The van der Waals surface area contributed by atoms with Crippen molar-refractivity contribution < 1.29 is 24.3 Å². The molecule has 1 saturated heterocycles. The van der Waals surface area contributed by atoms with Crippen LogP contribution in [0.25, 0.3) is 0 Å². The van der Waals surface area contributed by atoms with Gasteiger partial charge in [0, 0.05) is 23.0 Å². The predicted molar refractivity (Wildman–Crippen MR) is 127 cm³/mol. The van der Waals surface area contributed by atoms with Crippen molar-refractivity contribution in [2.24, 2.45) is 5.16 Å². The van der Waals surface area contributed by atoms with Gasteiger partial charge < -0.3 is 21.0 Å². The lowest BCUT2D eigenvalue weighted by atomic mass is 10.0. The van der Waals surface area contributed by atoms with E-state index in [2.05, 4.69) is 36.6 Å². The highest BCUT2D eigenvalue weighted by Gasteiger charge is 2.54. The van der Waals surface area contributed by atoms with Gasteiger partial charge in [0.05, 0.1) is 0 Å². The highest BCUT2D eigenvalue weighted by Crippen LogP contribution is 2.41. The molecule has 2 aliphatic rings. The summed E-state index contributed by atoms with van der Waals surface area (Å²) in [6.07, 6.45) is 1.44. The zero-order valence-electron chi connectivity index (χ0n) is 17.1. The van der Waals surface area contributed by atoms with Crippen molar-refractivity contribution in [2.45, 2.75) is 15.8 Å². The van der Waals surface area contributed by atoms with E-state index in [-0.39, 0.29) is 29.0 Å². The zero-order valence-corrected chi connectivity index (χ0v) is 20.4. The number of thioether (sulfide) groups is 2. The molecule has 2 atom stereocenters. The van der Waals surface area contributed by atoms with E-state index in [0.29, 0.717) is 21.4 Å². The number of nitrogens with two attached hydrogens (primary N) is 1. The summed E-state index contributed by atoms with van der Waals surface area (Å²) in [5.41, 5.74) is 7.44. The number of oxime groups is 1. The topological polar surface area (TPSA) is 186 Å². The minimum absolute atomic E-state index is 0.0373. The lowest BCUT2D eigenvalue weighted by Crippen LogP contribution is -2.71. The van der Waals surface area contributed by atoms with Gasteiger partial charge in [0.15, 0.2) is 9.47 Å². The number of anilines is 1. The van der Waals surface area contributed by atoms with E-state index in [1.54, 1.807) is 5.51 Å². The number of amides is 2. The third kappa shape index (κ3) is 4.91. The molecule has 2 aromatic heterocycles. The van der Waals surface area contributed by atoms with E-state index in [9.17, 15) is 19.5 Å². The third-order valence-electron chi connectivity index (χ3n) is 4.46. The number of nitrogen functional groups attached to an aromatic ring is 1. The number of fused-ring (bicyclic) bond motifs is 1. The van der Waals surface area contributed by atoms with Crippen LogP contribution in [0.3, 0.4) is 0 Å². The molecular weight excluding hydrogens is 525 g/mol. The van der Waals surface area contributed by atoms with Gasteiger partial charge in [-0.25, -0.2) is 4.79 Å². The average Bonchev–Trinajstić information content (AvgIpc) is 3.49. The Kier molecular flexibility index (Phi) is 7.44. The first kappa shape index (κ1) is 24.1. The summed E-state index contributed by atoms with van der Waals surface area (Å²) in [5, 5.41) is 23.4. The standard InChI is InChI=1S/C17H16N8O5S4/c1-2-3-30-23-8(11-21-16(18)34-24-11)12(26)20-9-13(27)25-10(15(28)29)7(4-31-14(9)25)5-32-17-22-19-6-33-17/h2,6,9,14H,1,3-5H2,(H,20,26)(H,28,29)(H2,18,21,24)/b23-8-/t9?,14-/m1/s1. The Morgan fingerprint density at radius 2 is 2.32 bits per heavy atom. The minimum atomic E-state index is -1.21. The smallest absolute Gasteiger partial charge is 0.352 e. The average molecular weight is 541 g/mol. The lowest BCUT2D eigenvalue weighted by molar-refractivity contribution is -0.150. The highest BCUT2D eigenvalue weighted by atomic mass is 32.2. The second kappa shape index (κ2) is 10.5. The van der Waals surface area contributed by atoms with Crippen LogP contribution in [0.2, 0.25) is 0 Å². The Labute approximate surface area is 208 Å². The number of hydrogen-bond acceptors (Lipinski definition) is 14. The van der Waals surface area contributed by atoms with Gasteiger partial charge in [-0.1, -0.05) is 40.9 Å². The van der Waals surface area contributed by atoms with Crippen molar-refractivity contribution in [3.8, 4) is 0 Å². The molecule has 2 aliphatic heterocycles. The highest BCUT2D eigenvalue weighted by molar-refractivity contribution is 8.01. The summed E-state index contributed by atoms with van der Waals surface area (Å²) in [6.45, 7) is 3.54. The van der Waals surface area contributed by atoms with E-state index in [1.165, 1.54) is 45.8 Å². The van der Waals surface area contributed by atoms with Crippen LogP contribution >= 0.6 is 46.4 Å².